The van der Waals surface area contributed by atoms with Crippen LogP contribution in [0.5, 0.6) is 0 Å². The first-order valence-corrected chi connectivity index (χ1v) is 7.51. The summed E-state index contributed by atoms with van der Waals surface area (Å²) in [7, 11) is 0. The number of carbonyl (C=O) groups is 2. The molecule has 5 heteroatoms. The Morgan fingerprint density at radius 3 is 2.00 bits per heavy atom. The zero-order chi connectivity index (χ0) is 14.6. The van der Waals surface area contributed by atoms with Crippen LogP contribution in [0.25, 0.3) is 0 Å². The van der Waals surface area contributed by atoms with E-state index in [0.29, 0.717) is 12.8 Å². The summed E-state index contributed by atoms with van der Waals surface area (Å²) in [6.45, 7) is 1.98. The van der Waals surface area contributed by atoms with Crippen molar-refractivity contribution in [3.05, 3.63) is 0 Å². The molecule has 5 nitrogen and oxygen atoms in total. The lowest BCUT2D eigenvalue weighted by molar-refractivity contribution is -0.167. The van der Waals surface area contributed by atoms with Crippen molar-refractivity contribution in [1.82, 2.24) is 0 Å². The summed E-state index contributed by atoms with van der Waals surface area (Å²) in [4.78, 5) is 25.3. The fourth-order valence-electron chi connectivity index (χ4n) is 4.59. The van der Waals surface area contributed by atoms with Gasteiger partial charge in [-0.05, 0) is 31.6 Å². The number of carbonyl (C=O) groups excluding carboxylic acids is 2. The van der Waals surface area contributed by atoms with Crippen LogP contribution in [0.3, 0.4) is 0 Å². The van der Waals surface area contributed by atoms with Crippen molar-refractivity contribution in [3.8, 4) is 0 Å². The van der Waals surface area contributed by atoms with E-state index in [1.165, 1.54) is 0 Å². The van der Waals surface area contributed by atoms with Gasteiger partial charge in [0, 0.05) is 11.8 Å². The van der Waals surface area contributed by atoms with E-state index in [1.807, 2.05) is 6.92 Å². The van der Waals surface area contributed by atoms with Crippen molar-refractivity contribution in [2.45, 2.75) is 50.9 Å². The zero-order valence-electron chi connectivity index (χ0n) is 11.6. The third-order valence-electron chi connectivity index (χ3n) is 5.42. The molecule has 112 valence electrons. The number of aliphatic hydroxyl groups is 3. The predicted octanol–water partition coefficient (Wildman–Crippen LogP) is -0.0906. The molecule has 3 N–H and O–H groups in total. The van der Waals surface area contributed by atoms with Crippen molar-refractivity contribution in [1.29, 1.82) is 0 Å². The third-order valence-corrected chi connectivity index (χ3v) is 5.42. The Bertz CT molecular complexity index is 398. The van der Waals surface area contributed by atoms with Crippen LogP contribution < -0.4 is 0 Å². The molecule has 0 heterocycles. The van der Waals surface area contributed by atoms with Gasteiger partial charge in [0.15, 0.2) is 0 Å². The molecule has 3 saturated carbocycles. The van der Waals surface area contributed by atoms with Gasteiger partial charge in [-0.1, -0.05) is 6.92 Å². The highest BCUT2D eigenvalue weighted by molar-refractivity contribution is 6.00. The molecule has 0 amide bonds. The number of hydrogen-bond donors (Lipinski definition) is 3. The summed E-state index contributed by atoms with van der Waals surface area (Å²) in [5.41, 5.74) is 0. The van der Waals surface area contributed by atoms with E-state index in [1.54, 1.807) is 0 Å². The van der Waals surface area contributed by atoms with Gasteiger partial charge < -0.3 is 15.3 Å². The standard InChI is InChI=1S/C15H22O5/c1-6-2-8-12(10(17)3-6)15(20)13-9(14(8)19)4-7(16)5-11(13)18/h6-13,16-18H,2-5H2,1H3. The number of Topliss-reactive ketones (excluding diaryl/α,β-unsaturated/α-hetero) is 2. The summed E-state index contributed by atoms with van der Waals surface area (Å²) in [5, 5.41) is 30.0. The maximum Gasteiger partial charge on any atom is 0.145 e. The lowest BCUT2D eigenvalue weighted by Gasteiger charge is -2.48. The van der Waals surface area contributed by atoms with Gasteiger partial charge in [-0.25, -0.2) is 0 Å². The molecule has 0 bridgehead atoms. The van der Waals surface area contributed by atoms with E-state index in [2.05, 4.69) is 0 Å². The Morgan fingerprint density at radius 1 is 0.800 bits per heavy atom. The van der Waals surface area contributed by atoms with Gasteiger partial charge in [0.05, 0.1) is 30.1 Å². The van der Waals surface area contributed by atoms with Crippen LogP contribution in [-0.2, 0) is 9.59 Å². The average molecular weight is 282 g/mol. The quantitative estimate of drug-likeness (QED) is 0.577. The number of fused-ring (bicyclic) bond motifs is 2. The maximum atomic E-state index is 12.6. The Hall–Kier alpha value is -0.780. The largest absolute Gasteiger partial charge is 0.393 e. The smallest absolute Gasteiger partial charge is 0.145 e. The second-order valence-electron chi connectivity index (χ2n) is 6.91. The van der Waals surface area contributed by atoms with E-state index >= 15 is 0 Å². The molecule has 20 heavy (non-hydrogen) atoms. The van der Waals surface area contributed by atoms with Gasteiger partial charge in [-0.2, -0.15) is 0 Å². The number of aliphatic hydroxyl groups excluding tert-OH is 3. The molecule has 3 aliphatic rings. The van der Waals surface area contributed by atoms with Crippen LogP contribution in [0.15, 0.2) is 0 Å². The number of rotatable bonds is 0. The molecule has 0 aromatic carbocycles. The Kier molecular flexibility index (Phi) is 3.47. The number of hydrogen-bond acceptors (Lipinski definition) is 5. The average Bonchev–Trinajstić information content (AvgIpc) is 2.34. The van der Waals surface area contributed by atoms with Gasteiger partial charge in [-0.15, -0.1) is 0 Å². The molecule has 0 aromatic heterocycles. The molecule has 3 fully saturated rings. The Balaban J connectivity index is 1.94. The Labute approximate surface area is 118 Å². The van der Waals surface area contributed by atoms with Gasteiger partial charge in [-0.3, -0.25) is 9.59 Å². The zero-order valence-corrected chi connectivity index (χ0v) is 11.6. The first kappa shape index (κ1) is 14.2. The van der Waals surface area contributed by atoms with Crippen LogP contribution in [0.1, 0.15) is 32.6 Å². The minimum Gasteiger partial charge on any atom is -0.393 e. The normalized spacial score (nSPS) is 52.4. The predicted molar refractivity (Wildman–Crippen MR) is 69.6 cm³/mol. The van der Waals surface area contributed by atoms with Crippen LogP contribution in [0, 0.1) is 29.6 Å². The van der Waals surface area contributed by atoms with E-state index in [9.17, 15) is 24.9 Å². The van der Waals surface area contributed by atoms with Crippen molar-refractivity contribution >= 4 is 11.6 Å². The van der Waals surface area contributed by atoms with E-state index < -0.39 is 42.0 Å². The summed E-state index contributed by atoms with van der Waals surface area (Å²) in [6.07, 6.45) is -0.888. The Morgan fingerprint density at radius 2 is 1.35 bits per heavy atom. The van der Waals surface area contributed by atoms with E-state index in [-0.39, 0.29) is 30.3 Å². The second-order valence-corrected chi connectivity index (χ2v) is 6.91. The summed E-state index contributed by atoms with van der Waals surface area (Å²) in [5.74, 6) is -2.36. The fraction of sp³-hybridized carbons (Fsp3) is 0.867. The topological polar surface area (TPSA) is 94.8 Å². The molecular weight excluding hydrogens is 260 g/mol. The molecule has 8 unspecified atom stereocenters. The molecule has 0 aromatic rings. The summed E-state index contributed by atoms with van der Waals surface area (Å²) >= 11 is 0. The van der Waals surface area contributed by atoms with Crippen molar-refractivity contribution in [2.75, 3.05) is 0 Å². The van der Waals surface area contributed by atoms with E-state index in [4.69, 9.17) is 0 Å². The lowest BCUT2D eigenvalue weighted by atomic mass is 9.55. The fourth-order valence-corrected chi connectivity index (χ4v) is 4.59. The molecule has 0 aliphatic heterocycles. The summed E-state index contributed by atoms with van der Waals surface area (Å²) < 4.78 is 0. The van der Waals surface area contributed by atoms with Crippen LogP contribution in [-0.4, -0.2) is 45.2 Å². The van der Waals surface area contributed by atoms with Gasteiger partial charge in [0.25, 0.3) is 0 Å². The van der Waals surface area contributed by atoms with Gasteiger partial charge in [0.1, 0.15) is 11.6 Å². The lowest BCUT2D eigenvalue weighted by Crippen LogP contribution is -2.59. The van der Waals surface area contributed by atoms with Crippen molar-refractivity contribution < 1.29 is 24.9 Å². The molecule has 0 saturated heterocycles. The highest BCUT2D eigenvalue weighted by atomic mass is 16.3. The summed E-state index contributed by atoms with van der Waals surface area (Å²) in [6, 6.07) is 0. The van der Waals surface area contributed by atoms with Gasteiger partial charge in [0.2, 0.25) is 0 Å². The highest BCUT2D eigenvalue weighted by Gasteiger charge is 2.57. The number of ketones is 2. The molecule has 8 atom stereocenters. The van der Waals surface area contributed by atoms with Crippen molar-refractivity contribution in [2.24, 2.45) is 29.6 Å². The monoisotopic (exact) mass is 282 g/mol. The maximum absolute atomic E-state index is 12.6. The minimum atomic E-state index is -0.965. The van der Waals surface area contributed by atoms with Crippen molar-refractivity contribution in [3.63, 3.8) is 0 Å². The van der Waals surface area contributed by atoms with Crippen LogP contribution in [0.2, 0.25) is 0 Å². The van der Waals surface area contributed by atoms with Crippen LogP contribution >= 0.6 is 0 Å². The molecular formula is C15H22O5. The molecule has 0 radical (unpaired) electrons. The molecule has 3 aliphatic carbocycles. The van der Waals surface area contributed by atoms with Gasteiger partial charge >= 0.3 is 0 Å². The van der Waals surface area contributed by atoms with Crippen LogP contribution in [0.4, 0.5) is 0 Å². The SMILES string of the molecule is CC1CC(O)C2C(=O)C3C(O)CC(O)CC3C(=O)C2C1. The highest BCUT2D eigenvalue weighted by Crippen LogP contribution is 2.47. The second kappa shape index (κ2) is 4.90. The first-order chi connectivity index (χ1) is 9.40. The first-order valence-electron chi connectivity index (χ1n) is 7.51. The van der Waals surface area contributed by atoms with E-state index in [0.717, 1.165) is 0 Å². The minimum absolute atomic E-state index is 0.0389. The molecule has 3 rings (SSSR count). The molecule has 0 spiro atoms. The third kappa shape index (κ3) is 2.03.